The average molecular weight is 232 g/mol. The van der Waals surface area contributed by atoms with Crippen LogP contribution in [0.5, 0.6) is 0 Å². The molecule has 0 atom stereocenters. The predicted octanol–water partition coefficient (Wildman–Crippen LogP) is 1.26. The van der Waals surface area contributed by atoms with E-state index in [9.17, 15) is 4.79 Å². The molecule has 0 spiro atoms. The molecule has 0 amide bonds. The number of nitrogen functional groups attached to an aromatic ring is 1. The van der Waals surface area contributed by atoms with E-state index in [1.165, 1.54) is 0 Å². The number of nitrogens with zero attached hydrogens (tertiary/aromatic N) is 3. The van der Waals surface area contributed by atoms with Gasteiger partial charge >= 0.3 is 5.69 Å². The van der Waals surface area contributed by atoms with Gasteiger partial charge in [-0.1, -0.05) is 0 Å². The van der Waals surface area contributed by atoms with E-state index >= 15 is 0 Å². The highest BCUT2D eigenvalue weighted by molar-refractivity contribution is 5.37. The molecular formula is C12H16N4O. The fourth-order valence-corrected chi connectivity index (χ4v) is 1.70. The maximum absolute atomic E-state index is 12.0. The van der Waals surface area contributed by atoms with Gasteiger partial charge in [-0.3, -0.25) is 14.1 Å². The summed E-state index contributed by atoms with van der Waals surface area (Å²) >= 11 is 0. The van der Waals surface area contributed by atoms with Crippen LogP contribution in [0.15, 0.2) is 35.5 Å². The molecule has 2 N–H and O–H groups in total. The third kappa shape index (κ3) is 2.38. The Kier molecular flexibility index (Phi) is 2.99. The van der Waals surface area contributed by atoms with Crippen LogP contribution < -0.4 is 11.4 Å². The number of anilines is 1. The Morgan fingerprint density at radius 3 is 2.76 bits per heavy atom. The first-order valence-corrected chi connectivity index (χ1v) is 5.55. The van der Waals surface area contributed by atoms with Crippen LogP contribution in [-0.4, -0.2) is 14.1 Å². The zero-order valence-corrected chi connectivity index (χ0v) is 10.00. The van der Waals surface area contributed by atoms with Crippen LogP contribution in [0.3, 0.4) is 0 Å². The maximum Gasteiger partial charge on any atom is 0.328 e. The standard InChI is InChI=1S/C12H16N4O/c1-9(2)16-6-5-15(12(16)17)8-11-7-10(13)3-4-14-11/h3-7,9H,8H2,1-2H3,(H2,13,14). The highest BCUT2D eigenvalue weighted by Crippen LogP contribution is 2.05. The van der Waals surface area contributed by atoms with Crippen LogP contribution in [0.25, 0.3) is 0 Å². The van der Waals surface area contributed by atoms with Crippen LogP contribution >= 0.6 is 0 Å². The van der Waals surface area contributed by atoms with Gasteiger partial charge in [-0.05, 0) is 26.0 Å². The van der Waals surface area contributed by atoms with Gasteiger partial charge in [0.1, 0.15) is 0 Å². The van der Waals surface area contributed by atoms with E-state index in [-0.39, 0.29) is 11.7 Å². The van der Waals surface area contributed by atoms with Crippen molar-refractivity contribution in [2.45, 2.75) is 26.4 Å². The number of hydrogen-bond donors (Lipinski definition) is 1. The second kappa shape index (κ2) is 4.45. The zero-order chi connectivity index (χ0) is 12.4. The number of hydrogen-bond acceptors (Lipinski definition) is 3. The van der Waals surface area contributed by atoms with Crippen LogP contribution in [0, 0.1) is 0 Å². The average Bonchev–Trinajstić information content (AvgIpc) is 2.61. The molecule has 0 saturated carbocycles. The van der Waals surface area contributed by atoms with Crippen molar-refractivity contribution in [1.82, 2.24) is 14.1 Å². The Bertz CT molecular complexity index is 568. The Morgan fingerprint density at radius 2 is 2.18 bits per heavy atom. The summed E-state index contributed by atoms with van der Waals surface area (Å²) in [5.41, 5.74) is 7.09. The monoisotopic (exact) mass is 232 g/mol. The molecule has 0 aliphatic carbocycles. The Labute approximate surface area is 99.5 Å². The normalized spacial score (nSPS) is 11.0. The lowest BCUT2D eigenvalue weighted by molar-refractivity contribution is 0.560. The molecule has 90 valence electrons. The molecule has 5 nitrogen and oxygen atoms in total. The molecule has 0 radical (unpaired) electrons. The molecule has 2 aromatic rings. The molecule has 0 aliphatic rings. The smallest absolute Gasteiger partial charge is 0.328 e. The molecule has 0 bridgehead atoms. The minimum Gasteiger partial charge on any atom is -0.399 e. The third-order valence-electron chi connectivity index (χ3n) is 2.60. The van der Waals surface area contributed by atoms with Crippen molar-refractivity contribution in [3.8, 4) is 0 Å². The molecule has 0 fully saturated rings. The maximum atomic E-state index is 12.0. The summed E-state index contributed by atoms with van der Waals surface area (Å²) in [5.74, 6) is 0. The fourth-order valence-electron chi connectivity index (χ4n) is 1.70. The number of rotatable bonds is 3. The van der Waals surface area contributed by atoms with Crippen molar-refractivity contribution in [3.63, 3.8) is 0 Å². The minimum absolute atomic E-state index is 0.0239. The Morgan fingerprint density at radius 1 is 1.41 bits per heavy atom. The van der Waals surface area contributed by atoms with Crippen LogP contribution in [0.4, 0.5) is 5.69 Å². The van der Waals surface area contributed by atoms with E-state index in [0.717, 1.165) is 5.69 Å². The van der Waals surface area contributed by atoms with Gasteiger partial charge in [0, 0.05) is 30.3 Å². The summed E-state index contributed by atoms with van der Waals surface area (Å²) in [6.45, 7) is 4.40. The van der Waals surface area contributed by atoms with E-state index in [0.29, 0.717) is 12.2 Å². The molecule has 0 unspecified atom stereocenters. The van der Waals surface area contributed by atoms with Crippen molar-refractivity contribution >= 4 is 5.69 Å². The zero-order valence-electron chi connectivity index (χ0n) is 10.00. The van der Waals surface area contributed by atoms with E-state index in [2.05, 4.69) is 4.98 Å². The summed E-state index contributed by atoms with van der Waals surface area (Å²) in [6, 6.07) is 3.67. The highest BCUT2D eigenvalue weighted by atomic mass is 16.1. The van der Waals surface area contributed by atoms with E-state index in [1.54, 1.807) is 39.9 Å². The first-order chi connectivity index (χ1) is 8.08. The molecular weight excluding hydrogens is 216 g/mol. The van der Waals surface area contributed by atoms with Crippen molar-refractivity contribution in [3.05, 3.63) is 46.9 Å². The molecule has 2 rings (SSSR count). The molecule has 17 heavy (non-hydrogen) atoms. The van der Waals surface area contributed by atoms with Crippen molar-refractivity contribution in [1.29, 1.82) is 0 Å². The first-order valence-electron chi connectivity index (χ1n) is 5.55. The van der Waals surface area contributed by atoms with Gasteiger partial charge in [0.05, 0.1) is 12.2 Å². The van der Waals surface area contributed by atoms with Crippen molar-refractivity contribution in [2.24, 2.45) is 0 Å². The fraction of sp³-hybridized carbons (Fsp3) is 0.333. The molecule has 0 aromatic carbocycles. The van der Waals surface area contributed by atoms with Gasteiger partial charge < -0.3 is 5.73 Å². The number of nitrogens with two attached hydrogens (primary N) is 1. The largest absolute Gasteiger partial charge is 0.399 e. The molecule has 2 heterocycles. The third-order valence-corrected chi connectivity index (χ3v) is 2.60. The Hall–Kier alpha value is -2.04. The predicted molar refractivity (Wildman–Crippen MR) is 66.8 cm³/mol. The lowest BCUT2D eigenvalue weighted by atomic mass is 10.3. The lowest BCUT2D eigenvalue weighted by Crippen LogP contribution is -2.25. The lowest BCUT2D eigenvalue weighted by Gasteiger charge is -2.05. The summed E-state index contributed by atoms with van der Waals surface area (Å²) in [4.78, 5) is 16.1. The molecule has 0 aliphatic heterocycles. The van der Waals surface area contributed by atoms with Gasteiger partial charge in [-0.2, -0.15) is 0 Å². The molecule has 0 saturated heterocycles. The summed E-state index contributed by atoms with van der Waals surface area (Å²) < 4.78 is 3.31. The van der Waals surface area contributed by atoms with Crippen LogP contribution in [-0.2, 0) is 6.54 Å². The number of aromatic nitrogens is 3. The van der Waals surface area contributed by atoms with E-state index in [1.807, 2.05) is 13.8 Å². The van der Waals surface area contributed by atoms with Crippen LogP contribution in [0.2, 0.25) is 0 Å². The summed E-state index contributed by atoms with van der Waals surface area (Å²) in [5, 5.41) is 0. The van der Waals surface area contributed by atoms with E-state index in [4.69, 9.17) is 5.73 Å². The highest BCUT2D eigenvalue weighted by Gasteiger charge is 2.06. The second-order valence-electron chi connectivity index (χ2n) is 4.29. The molecule has 5 heteroatoms. The van der Waals surface area contributed by atoms with Gasteiger partial charge in [0.15, 0.2) is 0 Å². The van der Waals surface area contributed by atoms with Gasteiger partial charge in [-0.15, -0.1) is 0 Å². The van der Waals surface area contributed by atoms with Crippen LogP contribution in [0.1, 0.15) is 25.6 Å². The number of pyridine rings is 1. The number of imidazole rings is 1. The van der Waals surface area contributed by atoms with Crippen molar-refractivity contribution in [2.75, 3.05) is 5.73 Å². The topological polar surface area (TPSA) is 65.8 Å². The van der Waals surface area contributed by atoms with Gasteiger partial charge in [0.25, 0.3) is 0 Å². The van der Waals surface area contributed by atoms with Gasteiger partial charge in [-0.25, -0.2) is 4.79 Å². The minimum atomic E-state index is -0.0239. The summed E-state index contributed by atoms with van der Waals surface area (Å²) in [7, 11) is 0. The Balaban J connectivity index is 2.28. The first kappa shape index (κ1) is 11.4. The SMILES string of the molecule is CC(C)n1ccn(Cc2cc(N)ccn2)c1=O. The van der Waals surface area contributed by atoms with Crippen molar-refractivity contribution < 1.29 is 0 Å². The second-order valence-corrected chi connectivity index (χ2v) is 4.29. The van der Waals surface area contributed by atoms with E-state index < -0.39 is 0 Å². The van der Waals surface area contributed by atoms with Gasteiger partial charge in [0.2, 0.25) is 0 Å². The summed E-state index contributed by atoms with van der Waals surface area (Å²) in [6.07, 6.45) is 5.21. The molecule has 2 aromatic heterocycles. The quantitative estimate of drug-likeness (QED) is 0.866.